The summed E-state index contributed by atoms with van der Waals surface area (Å²) in [5.41, 5.74) is 3.51. The molecule has 0 radical (unpaired) electrons. The Balaban J connectivity index is 1.60. The second-order valence-corrected chi connectivity index (χ2v) is 10.2. The summed E-state index contributed by atoms with van der Waals surface area (Å²) >= 11 is 2.84. The number of nitrogens with zero attached hydrogens (tertiary/aromatic N) is 4. The van der Waals surface area contributed by atoms with E-state index in [0.717, 1.165) is 21.3 Å². The molecule has 5 rings (SSSR count). The van der Waals surface area contributed by atoms with Gasteiger partial charge in [-0.3, -0.25) is 9.69 Å². The number of carbonyl (C=O) groups excluding carboxylic acids is 1. The number of hydrogen-bond donors (Lipinski definition) is 1. The van der Waals surface area contributed by atoms with Gasteiger partial charge in [-0.2, -0.15) is 5.26 Å². The van der Waals surface area contributed by atoms with Crippen LogP contribution >= 0.6 is 23.5 Å². The molecule has 3 aromatic carbocycles. The second-order valence-electron chi connectivity index (χ2n) is 8.15. The molecule has 0 atom stereocenters. The number of thioether (sulfide) groups is 2. The van der Waals surface area contributed by atoms with E-state index in [1.54, 1.807) is 40.9 Å². The lowest BCUT2D eigenvalue weighted by atomic mass is 10.2. The largest absolute Gasteiger partial charge is 0.384 e. The van der Waals surface area contributed by atoms with Gasteiger partial charge in [0.1, 0.15) is 10.7 Å². The van der Waals surface area contributed by atoms with Crippen LogP contribution in [0.5, 0.6) is 0 Å². The summed E-state index contributed by atoms with van der Waals surface area (Å²) in [6.07, 6.45) is 0. The zero-order chi connectivity index (χ0) is 25.2. The molecular formula is C27H22FN5OS2. The molecule has 2 aliphatic rings. The summed E-state index contributed by atoms with van der Waals surface area (Å²) in [5.74, 6) is -0.548. The molecule has 0 bridgehead atoms. The number of nitriles is 1. The summed E-state index contributed by atoms with van der Waals surface area (Å²) in [6, 6.07) is 21.6. The Morgan fingerprint density at radius 3 is 2.67 bits per heavy atom. The van der Waals surface area contributed by atoms with Gasteiger partial charge in [-0.25, -0.2) is 9.38 Å². The standard InChI is InChI=1S/C27H22FN5OS2/c1-3-30-20-12-11-17(15-29)14-21(20)31-27-33(16-18-7-6-8-19(28)13-18)25(34)24(36-27)26-32(2)22-9-4-5-10-23(22)35-26/h4-14,30H,3,16H2,1-2H3/b26-24-,31-27-. The van der Waals surface area contributed by atoms with Crippen molar-refractivity contribution >= 4 is 51.7 Å². The number of benzene rings is 3. The molecule has 1 saturated heterocycles. The van der Waals surface area contributed by atoms with Crippen molar-refractivity contribution in [2.24, 2.45) is 4.99 Å². The van der Waals surface area contributed by atoms with E-state index in [1.165, 1.54) is 23.9 Å². The molecule has 2 heterocycles. The Kier molecular flexibility index (Phi) is 6.72. The molecule has 3 aromatic rings. The van der Waals surface area contributed by atoms with Crippen molar-refractivity contribution < 1.29 is 9.18 Å². The molecule has 1 amide bonds. The zero-order valence-corrected chi connectivity index (χ0v) is 21.3. The maximum atomic E-state index is 13.9. The van der Waals surface area contributed by atoms with Crippen molar-refractivity contribution in [2.75, 3.05) is 23.8 Å². The Labute approximate surface area is 217 Å². The van der Waals surface area contributed by atoms with Gasteiger partial charge in [0.05, 0.1) is 40.3 Å². The van der Waals surface area contributed by atoms with Crippen LogP contribution in [0.4, 0.5) is 21.5 Å². The number of carbonyl (C=O) groups is 1. The predicted molar refractivity (Wildman–Crippen MR) is 145 cm³/mol. The minimum atomic E-state index is -0.360. The van der Waals surface area contributed by atoms with Crippen LogP contribution in [-0.4, -0.2) is 29.6 Å². The number of hydrogen-bond acceptors (Lipinski definition) is 7. The number of amides is 1. The van der Waals surface area contributed by atoms with Crippen molar-refractivity contribution in [2.45, 2.75) is 18.4 Å². The molecule has 1 fully saturated rings. The van der Waals surface area contributed by atoms with E-state index in [-0.39, 0.29) is 18.3 Å². The van der Waals surface area contributed by atoms with Gasteiger partial charge in [0.15, 0.2) is 5.17 Å². The van der Waals surface area contributed by atoms with Crippen molar-refractivity contribution in [3.63, 3.8) is 0 Å². The highest BCUT2D eigenvalue weighted by atomic mass is 32.2. The van der Waals surface area contributed by atoms with Crippen LogP contribution in [0.2, 0.25) is 0 Å². The van der Waals surface area contributed by atoms with Gasteiger partial charge in [0.2, 0.25) is 0 Å². The number of fused-ring (bicyclic) bond motifs is 1. The Bertz CT molecular complexity index is 1460. The topological polar surface area (TPSA) is 71.7 Å². The zero-order valence-electron chi connectivity index (χ0n) is 19.7. The fourth-order valence-electron chi connectivity index (χ4n) is 4.01. The summed E-state index contributed by atoms with van der Waals surface area (Å²) in [7, 11) is 1.95. The summed E-state index contributed by atoms with van der Waals surface area (Å²) in [4.78, 5) is 23.9. The molecular weight excluding hydrogens is 493 g/mol. The highest BCUT2D eigenvalue weighted by Gasteiger charge is 2.39. The molecule has 0 aliphatic carbocycles. The molecule has 6 nitrogen and oxygen atoms in total. The lowest BCUT2D eigenvalue weighted by Gasteiger charge is -2.17. The molecule has 0 spiro atoms. The third kappa shape index (κ3) is 4.57. The fraction of sp³-hybridized carbons (Fsp3) is 0.148. The Morgan fingerprint density at radius 1 is 1.08 bits per heavy atom. The van der Waals surface area contributed by atoms with Crippen LogP contribution in [0, 0.1) is 17.1 Å². The molecule has 0 unspecified atom stereocenters. The van der Waals surface area contributed by atoms with Gasteiger partial charge in [-0.1, -0.05) is 36.0 Å². The van der Waals surface area contributed by atoms with Crippen LogP contribution in [0.15, 0.2) is 86.6 Å². The van der Waals surface area contributed by atoms with E-state index in [2.05, 4.69) is 11.4 Å². The number of halogens is 1. The highest BCUT2D eigenvalue weighted by Crippen LogP contribution is 2.50. The van der Waals surface area contributed by atoms with E-state index in [0.29, 0.717) is 33.4 Å². The lowest BCUT2D eigenvalue weighted by molar-refractivity contribution is -0.122. The summed E-state index contributed by atoms with van der Waals surface area (Å²) in [5, 5.41) is 14.0. The average molecular weight is 516 g/mol. The van der Waals surface area contributed by atoms with Crippen molar-refractivity contribution in [1.82, 2.24) is 4.90 Å². The summed E-state index contributed by atoms with van der Waals surface area (Å²) in [6.45, 7) is 2.83. The van der Waals surface area contributed by atoms with Gasteiger partial charge >= 0.3 is 0 Å². The van der Waals surface area contributed by atoms with Crippen LogP contribution in [0.3, 0.4) is 0 Å². The molecule has 36 heavy (non-hydrogen) atoms. The maximum Gasteiger partial charge on any atom is 0.269 e. The Morgan fingerprint density at radius 2 is 1.92 bits per heavy atom. The number of aliphatic imine (C=N–C) groups is 1. The van der Waals surface area contributed by atoms with Gasteiger partial charge in [-0.15, -0.1) is 0 Å². The van der Waals surface area contributed by atoms with Crippen molar-refractivity contribution in [3.8, 4) is 6.07 Å². The first-order valence-corrected chi connectivity index (χ1v) is 13.0. The highest BCUT2D eigenvalue weighted by molar-refractivity contribution is 8.19. The van der Waals surface area contributed by atoms with Crippen LogP contribution in [-0.2, 0) is 11.3 Å². The number of para-hydroxylation sites is 1. The smallest absolute Gasteiger partial charge is 0.269 e. The quantitative estimate of drug-likeness (QED) is 0.402. The monoisotopic (exact) mass is 515 g/mol. The average Bonchev–Trinajstić information content (AvgIpc) is 3.37. The predicted octanol–water partition coefficient (Wildman–Crippen LogP) is 6.30. The summed E-state index contributed by atoms with van der Waals surface area (Å²) < 4.78 is 13.9. The van der Waals surface area contributed by atoms with Crippen molar-refractivity contribution in [1.29, 1.82) is 5.26 Å². The van der Waals surface area contributed by atoms with Crippen molar-refractivity contribution in [3.05, 3.63) is 93.6 Å². The fourth-order valence-corrected chi connectivity index (χ4v) is 6.35. The molecule has 0 aromatic heterocycles. The number of rotatable bonds is 5. The lowest BCUT2D eigenvalue weighted by Crippen LogP contribution is -2.29. The third-order valence-corrected chi connectivity index (χ3v) is 8.17. The SMILES string of the molecule is CCNc1ccc(C#N)cc1/N=C1\S/C(=C2\Sc3ccccc3N2C)C(=O)N1Cc1cccc(F)c1. The van der Waals surface area contributed by atoms with Gasteiger partial charge in [-0.05, 0) is 66.7 Å². The molecule has 9 heteroatoms. The Hall–Kier alpha value is -3.74. The molecule has 180 valence electrons. The first-order chi connectivity index (χ1) is 17.5. The van der Waals surface area contributed by atoms with E-state index in [4.69, 9.17) is 4.99 Å². The molecule has 2 aliphatic heterocycles. The minimum absolute atomic E-state index is 0.176. The van der Waals surface area contributed by atoms with Gasteiger partial charge in [0.25, 0.3) is 5.91 Å². The van der Waals surface area contributed by atoms with E-state index in [1.807, 2.05) is 49.2 Å². The van der Waals surface area contributed by atoms with Crippen LogP contribution in [0.25, 0.3) is 0 Å². The molecule has 1 N–H and O–H groups in total. The maximum absolute atomic E-state index is 13.9. The minimum Gasteiger partial charge on any atom is -0.384 e. The van der Waals surface area contributed by atoms with Gasteiger partial charge in [0, 0.05) is 18.5 Å². The number of anilines is 2. The van der Waals surface area contributed by atoms with Gasteiger partial charge < -0.3 is 10.2 Å². The first kappa shape index (κ1) is 24.0. The van der Waals surface area contributed by atoms with E-state index < -0.39 is 0 Å². The number of nitrogens with one attached hydrogen (secondary N) is 1. The first-order valence-electron chi connectivity index (χ1n) is 11.3. The molecule has 0 saturated carbocycles. The van der Waals surface area contributed by atoms with Crippen LogP contribution in [0.1, 0.15) is 18.1 Å². The normalized spacial score (nSPS) is 18.1. The third-order valence-electron chi connectivity index (χ3n) is 5.74. The van der Waals surface area contributed by atoms with E-state index >= 15 is 0 Å². The van der Waals surface area contributed by atoms with E-state index in [9.17, 15) is 14.4 Å². The van der Waals surface area contributed by atoms with Crippen LogP contribution < -0.4 is 10.2 Å². The second kappa shape index (κ2) is 10.1. The number of amidine groups is 1.